The highest BCUT2D eigenvalue weighted by Gasteiger charge is 2.12. The van der Waals surface area contributed by atoms with Gasteiger partial charge in [-0.3, -0.25) is 4.79 Å². The van der Waals surface area contributed by atoms with Crippen LogP contribution in [0.2, 0.25) is 0 Å². The summed E-state index contributed by atoms with van der Waals surface area (Å²) < 4.78 is 10.7. The molecule has 134 valence electrons. The molecule has 0 spiro atoms. The van der Waals surface area contributed by atoms with Gasteiger partial charge in [0, 0.05) is 11.3 Å². The molecule has 0 aliphatic heterocycles. The average molecular weight is 371 g/mol. The van der Waals surface area contributed by atoms with Crippen LogP contribution in [0.15, 0.2) is 52.1 Å². The summed E-state index contributed by atoms with van der Waals surface area (Å²) in [6.45, 7) is 1.90. The van der Waals surface area contributed by atoms with Gasteiger partial charge in [-0.1, -0.05) is 11.8 Å². The van der Waals surface area contributed by atoms with Crippen molar-refractivity contribution in [3.8, 4) is 23.0 Å². The molecule has 8 heteroatoms. The summed E-state index contributed by atoms with van der Waals surface area (Å²) in [5.41, 5.74) is 2.34. The van der Waals surface area contributed by atoms with E-state index in [4.69, 9.17) is 9.15 Å². The van der Waals surface area contributed by atoms with E-state index in [0.717, 1.165) is 28.8 Å². The number of hydrogen-bond acceptors (Lipinski definition) is 7. The number of hydrogen-bond donors (Lipinski definition) is 2. The van der Waals surface area contributed by atoms with E-state index in [1.54, 1.807) is 31.4 Å². The van der Waals surface area contributed by atoms with Gasteiger partial charge < -0.3 is 19.6 Å². The standard InChI is InChI=1S/C18H17N3O4S/c1-11-9-14(24-2)7-8-15(11)19-16(23)10-26-18-21-20-17(25-18)12-3-5-13(22)6-4-12/h3-9,22H,10H2,1-2H3,(H,19,23). The molecule has 0 aliphatic carbocycles. The number of methoxy groups -OCH3 is 1. The SMILES string of the molecule is COc1ccc(NC(=O)CSc2nnc(-c3ccc(O)cc3)o2)c(C)c1. The number of phenols is 1. The smallest absolute Gasteiger partial charge is 0.277 e. The van der Waals surface area contributed by atoms with Gasteiger partial charge in [-0.2, -0.15) is 0 Å². The second-order valence-electron chi connectivity index (χ2n) is 5.44. The molecule has 0 fully saturated rings. The molecule has 0 saturated heterocycles. The number of rotatable bonds is 6. The second kappa shape index (κ2) is 7.92. The van der Waals surface area contributed by atoms with E-state index in [2.05, 4.69) is 15.5 Å². The molecule has 1 aromatic heterocycles. The Kier molecular flexibility index (Phi) is 5.43. The zero-order valence-corrected chi connectivity index (χ0v) is 15.0. The number of aromatic hydroxyl groups is 1. The van der Waals surface area contributed by atoms with Gasteiger partial charge in [0.05, 0.1) is 12.9 Å². The number of benzene rings is 2. The third-order valence-electron chi connectivity index (χ3n) is 3.56. The van der Waals surface area contributed by atoms with E-state index in [-0.39, 0.29) is 17.4 Å². The predicted octanol–water partition coefficient (Wildman–Crippen LogP) is 3.49. The number of phenolic OH excluding ortho intramolecular Hbond substituents is 1. The van der Waals surface area contributed by atoms with Gasteiger partial charge in [0.2, 0.25) is 11.8 Å². The monoisotopic (exact) mass is 371 g/mol. The number of anilines is 1. The van der Waals surface area contributed by atoms with Crippen LogP contribution in [-0.2, 0) is 4.79 Å². The van der Waals surface area contributed by atoms with Gasteiger partial charge in [0.1, 0.15) is 11.5 Å². The molecule has 1 heterocycles. The lowest BCUT2D eigenvalue weighted by Crippen LogP contribution is -2.14. The van der Waals surface area contributed by atoms with Crippen LogP contribution < -0.4 is 10.1 Å². The molecular formula is C18H17N3O4S. The largest absolute Gasteiger partial charge is 0.508 e. The summed E-state index contributed by atoms with van der Waals surface area (Å²) in [5.74, 6) is 1.20. The minimum Gasteiger partial charge on any atom is -0.508 e. The van der Waals surface area contributed by atoms with Crippen LogP contribution >= 0.6 is 11.8 Å². The fourth-order valence-corrected chi connectivity index (χ4v) is 2.77. The third-order valence-corrected chi connectivity index (χ3v) is 4.37. The zero-order chi connectivity index (χ0) is 18.5. The van der Waals surface area contributed by atoms with Crippen LogP contribution in [0.4, 0.5) is 5.69 Å². The summed E-state index contributed by atoms with van der Waals surface area (Å²) in [7, 11) is 1.60. The lowest BCUT2D eigenvalue weighted by molar-refractivity contribution is -0.113. The van der Waals surface area contributed by atoms with E-state index in [9.17, 15) is 9.90 Å². The van der Waals surface area contributed by atoms with Crippen LogP contribution in [0.1, 0.15) is 5.56 Å². The molecule has 0 aliphatic rings. The van der Waals surface area contributed by atoms with Gasteiger partial charge in [0.15, 0.2) is 0 Å². The number of nitrogens with zero attached hydrogens (tertiary/aromatic N) is 2. The quantitative estimate of drug-likeness (QED) is 0.640. The fraction of sp³-hybridized carbons (Fsp3) is 0.167. The maximum Gasteiger partial charge on any atom is 0.277 e. The number of thioether (sulfide) groups is 1. The number of nitrogens with one attached hydrogen (secondary N) is 1. The van der Waals surface area contributed by atoms with Crippen molar-refractivity contribution in [1.82, 2.24) is 10.2 Å². The first-order chi connectivity index (χ1) is 12.5. The number of carbonyl (C=O) groups excluding carboxylic acids is 1. The molecular weight excluding hydrogens is 354 g/mol. The van der Waals surface area contributed by atoms with Crippen LogP contribution in [0, 0.1) is 6.92 Å². The number of ether oxygens (including phenoxy) is 1. The molecule has 2 N–H and O–H groups in total. The summed E-state index contributed by atoms with van der Waals surface area (Å²) in [5, 5.41) is 20.3. The first-order valence-electron chi connectivity index (χ1n) is 7.75. The molecule has 0 radical (unpaired) electrons. The van der Waals surface area contributed by atoms with Crippen LogP contribution in [0.3, 0.4) is 0 Å². The van der Waals surface area contributed by atoms with Crippen molar-refractivity contribution in [3.05, 3.63) is 48.0 Å². The van der Waals surface area contributed by atoms with Crippen molar-refractivity contribution in [2.75, 3.05) is 18.2 Å². The van der Waals surface area contributed by atoms with Crippen molar-refractivity contribution < 1.29 is 19.1 Å². The molecule has 0 saturated carbocycles. The second-order valence-corrected chi connectivity index (χ2v) is 6.36. The average Bonchev–Trinajstić information content (AvgIpc) is 3.11. The highest BCUT2D eigenvalue weighted by molar-refractivity contribution is 7.99. The molecule has 2 aromatic carbocycles. The van der Waals surface area contributed by atoms with Crippen molar-refractivity contribution in [3.63, 3.8) is 0 Å². The molecule has 0 bridgehead atoms. The summed E-state index contributed by atoms with van der Waals surface area (Å²) >= 11 is 1.15. The van der Waals surface area contributed by atoms with E-state index in [1.165, 1.54) is 12.1 Å². The Balaban J connectivity index is 1.57. The van der Waals surface area contributed by atoms with E-state index in [0.29, 0.717) is 16.7 Å². The molecule has 0 unspecified atom stereocenters. The Hall–Kier alpha value is -3.00. The lowest BCUT2D eigenvalue weighted by Gasteiger charge is -2.09. The molecule has 0 atom stereocenters. The van der Waals surface area contributed by atoms with E-state index in [1.807, 2.05) is 13.0 Å². The topological polar surface area (TPSA) is 97.5 Å². The Morgan fingerprint density at radius 3 is 2.69 bits per heavy atom. The van der Waals surface area contributed by atoms with Crippen LogP contribution in [0.5, 0.6) is 11.5 Å². The van der Waals surface area contributed by atoms with E-state index < -0.39 is 0 Å². The van der Waals surface area contributed by atoms with Crippen molar-refractivity contribution in [1.29, 1.82) is 0 Å². The lowest BCUT2D eigenvalue weighted by atomic mass is 10.2. The third kappa shape index (κ3) is 4.34. The first-order valence-corrected chi connectivity index (χ1v) is 8.74. The molecule has 3 rings (SSSR count). The van der Waals surface area contributed by atoms with Crippen LogP contribution in [0.25, 0.3) is 11.5 Å². The highest BCUT2D eigenvalue weighted by Crippen LogP contribution is 2.25. The molecule has 26 heavy (non-hydrogen) atoms. The maximum atomic E-state index is 12.1. The van der Waals surface area contributed by atoms with Crippen molar-refractivity contribution in [2.45, 2.75) is 12.1 Å². The molecule has 1 amide bonds. The first kappa shape index (κ1) is 17.8. The van der Waals surface area contributed by atoms with Gasteiger partial charge in [-0.05, 0) is 55.0 Å². The van der Waals surface area contributed by atoms with Crippen LogP contribution in [-0.4, -0.2) is 34.1 Å². The maximum absolute atomic E-state index is 12.1. The minimum atomic E-state index is -0.173. The normalized spacial score (nSPS) is 10.5. The summed E-state index contributed by atoms with van der Waals surface area (Å²) in [6.07, 6.45) is 0. The Morgan fingerprint density at radius 1 is 1.23 bits per heavy atom. The molecule has 7 nitrogen and oxygen atoms in total. The van der Waals surface area contributed by atoms with Crippen molar-refractivity contribution >= 4 is 23.4 Å². The van der Waals surface area contributed by atoms with Gasteiger partial charge >= 0.3 is 0 Å². The Labute approximate surface area is 154 Å². The summed E-state index contributed by atoms with van der Waals surface area (Å²) in [6, 6.07) is 11.9. The van der Waals surface area contributed by atoms with Gasteiger partial charge in [-0.15, -0.1) is 10.2 Å². The number of amides is 1. The Bertz CT molecular complexity index is 909. The zero-order valence-electron chi connectivity index (χ0n) is 14.2. The number of carbonyl (C=O) groups is 1. The fourth-order valence-electron chi connectivity index (χ4n) is 2.21. The predicted molar refractivity (Wildman–Crippen MR) is 98.5 cm³/mol. The van der Waals surface area contributed by atoms with Gasteiger partial charge in [-0.25, -0.2) is 0 Å². The summed E-state index contributed by atoms with van der Waals surface area (Å²) in [4.78, 5) is 12.1. The van der Waals surface area contributed by atoms with Crippen molar-refractivity contribution in [2.24, 2.45) is 0 Å². The number of aryl methyl sites for hydroxylation is 1. The molecule has 3 aromatic rings. The Morgan fingerprint density at radius 2 is 2.00 bits per heavy atom. The number of aromatic nitrogens is 2. The highest BCUT2D eigenvalue weighted by atomic mass is 32.2. The van der Waals surface area contributed by atoms with E-state index >= 15 is 0 Å². The minimum absolute atomic E-state index is 0.142. The van der Waals surface area contributed by atoms with Gasteiger partial charge in [0.25, 0.3) is 5.22 Å².